The van der Waals surface area contributed by atoms with Gasteiger partial charge >= 0.3 is 0 Å². The highest BCUT2D eigenvalue weighted by atomic mass is 17.2. The number of benzene rings is 1. The van der Waals surface area contributed by atoms with Crippen LogP contribution in [0.5, 0.6) is 5.75 Å². The first-order valence-corrected chi connectivity index (χ1v) is 19.6. The number of aromatic amines is 2. The van der Waals surface area contributed by atoms with E-state index in [4.69, 9.17) is 18.9 Å². The van der Waals surface area contributed by atoms with Gasteiger partial charge in [0, 0.05) is 73.8 Å². The number of ether oxygens (including phenoxy) is 1. The van der Waals surface area contributed by atoms with E-state index >= 15 is 0 Å². The lowest BCUT2D eigenvalue weighted by molar-refractivity contribution is -0.367. The van der Waals surface area contributed by atoms with Gasteiger partial charge in [-0.15, -0.1) is 0 Å². The Kier molecular flexibility index (Phi) is 11.0. The van der Waals surface area contributed by atoms with Crippen molar-refractivity contribution in [1.82, 2.24) is 29.7 Å². The number of aliphatic hydroxyl groups excluding tert-OH is 4. The van der Waals surface area contributed by atoms with Gasteiger partial charge in [-0.25, -0.2) is 9.78 Å². The molecule has 1 amide bonds. The number of carbonyl (C=O) groups excluding carboxylic acids is 1. The van der Waals surface area contributed by atoms with Crippen LogP contribution >= 0.6 is 0 Å². The summed E-state index contributed by atoms with van der Waals surface area (Å²) in [6.45, 7) is 0.845. The largest absolute Gasteiger partial charge is 0.482 e. The van der Waals surface area contributed by atoms with Crippen LogP contribution in [-0.2, 0) is 27.5 Å². The lowest BCUT2D eigenvalue weighted by Crippen LogP contribution is -2.61. The van der Waals surface area contributed by atoms with Crippen LogP contribution in [0.4, 0.5) is 0 Å². The average molecular weight is 803 g/mol. The third kappa shape index (κ3) is 7.32. The van der Waals surface area contributed by atoms with Gasteiger partial charge in [-0.05, 0) is 63.5 Å². The number of amides is 1. The number of nitrogens with one attached hydrogen (secondary N) is 4. The molecule has 17 nitrogen and oxygen atoms in total. The number of hydrogen-bond donors (Lipinski definition) is 9. The minimum atomic E-state index is -2.42. The SMILES string of the molecule is CNCC[C@]1(CC[C@H]2CNC(=O)C2)Oc2c(cc3c(=O)cc(C)oc3c2-n2cc3cc[nH]c3c2)C[C@H]1OOC[C@H](O)[C@](O)(Cn1ccc2[nH]ccc21)[C@H](O)[C@H](O)CO. The maximum atomic E-state index is 13.5. The summed E-state index contributed by atoms with van der Waals surface area (Å²) < 4.78 is 17.0. The second-order valence-corrected chi connectivity index (χ2v) is 15.8. The fourth-order valence-corrected chi connectivity index (χ4v) is 8.55. The van der Waals surface area contributed by atoms with E-state index < -0.39 is 48.8 Å². The summed E-state index contributed by atoms with van der Waals surface area (Å²) in [7, 11) is 1.82. The summed E-state index contributed by atoms with van der Waals surface area (Å²) in [6.07, 6.45) is 4.60. The molecule has 310 valence electrons. The maximum Gasteiger partial charge on any atom is 0.220 e. The normalized spacial score (nSPS) is 22.2. The first kappa shape index (κ1) is 39.8. The van der Waals surface area contributed by atoms with E-state index in [0.717, 1.165) is 16.4 Å². The van der Waals surface area contributed by atoms with Crippen LogP contribution in [0.25, 0.3) is 38.6 Å². The first-order chi connectivity index (χ1) is 27.9. The monoisotopic (exact) mass is 802 g/mol. The van der Waals surface area contributed by atoms with Gasteiger partial charge in [-0.1, -0.05) is 0 Å². The molecule has 8 rings (SSSR count). The topological polar surface area (TPSA) is 242 Å². The molecule has 0 bridgehead atoms. The number of aliphatic hydroxyl groups is 5. The van der Waals surface area contributed by atoms with E-state index in [1.807, 2.05) is 36.3 Å². The summed E-state index contributed by atoms with van der Waals surface area (Å²) in [5, 5.41) is 62.1. The molecule has 0 spiro atoms. The van der Waals surface area contributed by atoms with Crippen molar-refractivity contribution in [1.29, 1.82) is 0 Å². The second kappa shape index (κ2) is 16.0. The number of rotatable bonds is 17. The van der Waals surface area contributed by atoms with E-state index in [1.54, 1.807) is 42.1 Å². The number of carbonyl (C=O) groups is 1. The second-order valence-electron chi connectivity index (χ2n) is 15.8. The molecule has 1 saturated heterocycles. The van der Waals surface area contributed by atoms with Crippen molar-refractivity contribution in [3.8, 4) is 11.4 Å². The summed E-state index contributed by atoms with van der Waals surface area (Å²) in [6, 6.07) is 8.64. The molecule has 6 aromatic rings. The Morgan fingerprint density at radius 2 is 1.88 bits per heavy atom. The van der Waals surface area contributed by atoms with Crippen LogP contribution < -0.4 is 20.8 Å². The van der Waals surface area contributed by atoms with Crippen LogP contribution in [-0.4, -0.2) is 120 Å². The number of aromatic nitrogens is 4. The summed E-state index contributed by atoms with van der Waals surface area (Å²) in [5.74, 6) is 0.957. The lowest BCUT2D eigenvalue weighted by Gasteiger charge is -2.45. The van der Waals surface area contributed by atoms with E-state index in [2.05, 4.69) is 20.6 Å². The molecule has 9 N–H and O–H groups in total. The fraction of sp³-hybridized carbons (Fsp3) is 0.463. The van der Waals surface area contributed by atoms with E-state index in [9.17, 15) is 35.1 Å². The Morgan fingerprint density at radius 1 is 1.07 bits per heavy atom. The highest BCUT2D eigenvalue weighted by Crippen LogP contribution is 2.46. The molecule has 2 aliphatic heterocycles. The number of aryl methyl sites for hydroxylation is 1. The summed E-state index contributed by atoms with van der Waals surface area (Å²) >= 11 is 0. The number of H-pyrrole nitrogens is 2. The van der Waals surface area contributed by atoms with Crippen molar-refractivity contribution in [2.45, 2.75) is 81.2 Å². The van der Waals surface area contributed by atoms with Gasteiger partial charge in [0.1, 0.15) is 53.7 Å². The van der Waals surface area contributed by atoms with E-state index in [-0.39, 0.29) is 30.2 Å². The zero-order chi connectivity index (χ0) is 40.8. The molecule has 1 fully saturated rings. The third-order valence-electron chi connectivity index (χ3n) is 11.9. The van der Waals surface area contributed by atoms with Gasteiger partial charge in [0.2, 0.25) is 5.91 Å². The van der Waals surface area contributed by atoms with Crippen molar-refractivity contribution < 1.29 is 49.3 Å². The molecule has 1 aromatic carbocycles. The van der Waals surface area contributed by atoms with Crippen molar-refractivity contribution in [3.63, 3.8) is 0 Å². The lowest BCUT2D eigenvalue weighted by atomic mass is 9.79. The first-order valence-electron chi connectivity index (χ1n) is 19.6. The van der Waals surface area contributed by atoms with E-state index in [0.29, 0.717) is 78.0 Å². The third-order valence-corrected chi connectivity index (χ3v) is 11.9. The van der Waals surface area contributed by atoms with Crippen molar-refractivity contribution in [3.05, 3.63) is 82.9 Å². The smallest absolute Gasteiger partial charge is 0.220 e. The molecule has 0 saturated carbocycles. The molecule has 7 heterocycles. The van der Waals surface area contributed by atoms with Crippen LogP contribution in [0.15, 0.2) is 70.5 Å². The van der Waals surface area contributed by atoms with Gasteiger partial charge in [0.15, 0.2) is 16.8 Å². The number of fused-ring (bicyclic) bond motifs is 4. The van der Waals surface area contributed by atoms with Gasteiger partial charge in [0.05, 0.1) is 35.1 Å². The molecule has 0 aliphatic carbocycles. The summed E-state index contributed by atoms with van der Waals surface area (Å²) in [4.78, 5) is 44.1. The van der Waals surface area contributed by atoms with Gasteiger partial charge in [0.25, 0.3) is 0 Å². The molecule has 0 unspecified atom stereocenters. The minimum absolute atomic E-state index is 0.0186. The molecule has 0 radical (unpaired) electrons. The number of hydrogen-bond acceptors (Lipinski definition) is 12. The molecule has 5 aromatic heterocycles. The van der Waals surface area contributed by atoms with Crippen molar-refractivity contribution in [2.24, 2.45) is 5.92 Å². The maximum absolute atomic E-state index is 13.5. The Hall–Kier alpha value is -4.98. The summed E-state index contributed by atoms with van der Waals surface area (Å²) in [5.41, 5.74) is 0.0916. The molecule has 2 aliphatic rings. The zero-order valence-corrected chi connectivity index (χ0v) is 32.3. The quantitative estimate of drug-likeness (QED) is 0.0473. The van der Waals surface area contributed by atoms with Gasteiger partial charge < -0.3 is 64.4 Å². The molecular weight excluding hydrogens is 752 g/mol. The van der Waals surface area contributed by atoms with E-state index in [1.165, 1.54) is 6.07 Å². The fourth-order valence-electron chi connectivity index (χ4n) is 8.55. The van der Waals surface area contributed by atoms with Crippen molar-refractivity contribution in [2.75, 3.05) is 33.4 Å². The molecular formula is C41H50N6O11. The Balaban J connectivity index is 1.16. The Morgan fingerprint density at radius 3 is 2.64 bits per heavy atom. The molecule has 7 atom stereocenters. The van der Waals surface area contributed by atoms with Crippen LogP contribution in [0, 0.1) is 12.8 Å². The standard InChI is InChI=1S/C41H50N6O11/c1-23-13-31(49)27-15-26-16-34(58-55-21-33(51)41(54,39(53)32(50)20-48)22-46-12-6-28-30(46)5-10-43-28)40(8-11-42-2,7-3-24-14-35(52)45-17-24)57-37(26)36(38(27)56-23)47-18-25-4-9-44-29(25)19-47/h4-6,9-10,12-13,15,18-19,24,32-34,39,42-44,48,50-51,53-54H,3,7-8,11,14,16-17,20-22H2,1-2H3,(H,45,52)/t24-,32-,33+,34-,39-,40+,41-/m1/s1. The van der Waals surface area contributed by atoms with Gasteiger partial charge in [-0.3, -0.25) is 9.59 Å². The van der Waals surface area contributed by atoms with Crippen molar-refractivity contribution >= 4 is 38.8 Å². The molecule has 17 heteroatoms. The minimum Gasteiger partial charge on any atom is -0.482 e. The average Bonchev–Trinajstić information content (AvgIpc) is 4.05. The van der Waals surface area contributed by atoms with Gasteiger partial charge in [-0.2, -0.15) is 0 Å². The predicted molar refractivity (Wildman–Crippen MR) is 212 cm³/mol. The highest BCUT2D eigenvalue weighted by Gasteiger charge is 2.50. The predicted octanol–water partition coefficient (Wildman–Crippen LogP) is 1.68. The van der Waals surface area contributed by atoms with Crippen LogP contribution in [0.3, 0.4) is 0 Å². The Bertz CT molecular complexity index is 2440. The zero-order valence-electron chi connectivity index (χ0n) is 32.3. The highest BCUT2D eigenvalue weighted by molar-refractivity contribution is 5.91. The Labute approximate surface area is 332 Å². The molecule has 58 heavy (non-hydrogen) atoms. The van der Waals surface area contributed by atoms with Crippen LogP contribution in [0.2, 0.25) is 0 Å². The van der Waals surface area contributed by atoms with Crippen LogP contribution in [0.1, 0.15) is 37.0 Å². The number of nitrogens with zero attached hydrogens (tertiary/aromatic N) is 2.